The zero-order valence-electron chi connectivity index (χ0n) is 11.7. The fraction of sp³-hybridized carbons (Fsp3) is 0.214. The van der Waals surface area contributed by atoms with Gasteiger partial charge < -0.3 is 11.5 Å². The van der Waals surface area contributed by atoms with E-state index in [1.807, 2.05) is 16.8 Å². The predicted molar refractivity (Wildman–Crippen MR) is 85.8 cm³/mol. The van der Waals surface area contributed by atoms with Crippen LogP contribution in [-0.2, 0) is 12.3 Å². The predicted octanol–water partition coefficient (Wildman–Crippen LogP) is 2.30. The molecule has 0 atom stereocenters. The summed E-state index contributed by atoms with van der Waals surface area (Å²) in [6.45, 7) is 2.92. The van der Waals surface area contributed by atoms with E-state index in [1.54, 1.807) is 6.07 Å². The zero-order chi connectivity index (χ0) is 14.8. The molecule has 0 radical (unpaired) electrons. The average Bonchev–Trinajstić information content (AvgIpc) is 2.82. The Hall–Kier alpha value is -2.28. The number of rotatable bonds is 4. The van der Waals surface area contributed by atoms with Crippen LogP contribution in [-0.4, -0.2) is 19.7 Å². The number of aromatic nitrogens is 4. The van der Waals surface area contributed by atoms with Crippen molar-refractivity contribution in [1.29, 1.82) is 0 Å². The van der Waals surface area contributed by atoms with Gasteiger partial charge in [-0.05, 0) is 13.0 Å². The van der Waals surface area contributed by atoms with Crippen molar-refractivity contribution < 1.29 is 0 Å². The molecular formula is C14H16N6S. The quantitative estimate of drug-likeness (QED) is 0.567. The van der Waals surface area contributed by atoms with Crippen molar-refractivity contribution in [2.45, 2.75) is 24.4 Å². The number of anilines is 2. The third-order valence-electron chi connectivity index (χ3n) is 3.12. The number of hydrogen-bond donors (Lipinski definition) is 2. The van der Waals surface area contributed by atoms with Gasteiger partial charge in [-0.3, -0.25) is 4.68 Å². The second kappa shape index (κ2) is 5.61. The molecule has 3 rings (SSSR count). The van der Waals surface area contributed by atoms with E-state index in [4.69, 9.17) is 11.5 Å². The minimum atomic E-state index is 0.383. The molecule has 0 saturated heterocycles. The van der Waals surface area contributed by atoms with Crippen LogP contribution < -0.4 is 11.5 Å². The first kappa shape index (κ1) is 13.7. The number of nitrogens with zero attached hydrogens (tertiary/aromatic N) is 4. The van der Waals surface area contributed by atoms with Gasteiger partial charge in [0.05, 0.1) is 11.2 Å². The lowest BCUT2D eigenvalue weighted by Crippen LogP contribution is -2.00. The summed E-state index contributed by atoms with van der Waals surface area (Å²) in [7, 11) is 0. The second-order valence-electron chi connectivity index (χ2n) is 4.57. The molecule has 0 saturated carbocycles. The molecule has 0 bridgehead atoms. The fourth-order valence-electron chi connectivity index (χ4n) is 2.20. The highest BCUT2D eigenvalue weighted by atomic mass is 32.2. The Morgan fingerprint density at radius 3 is 2.57 bits per heavy atom. The van der Waals surface area contributed by atoms with Gasteiger partial charge in [0, 0.05) is 23.8 Å². The minimum absolute atomic E-state index is 0.383. The van der Waals surface area contributed by atoms with Crippen LogP contribution in [0.1, 0.15) is 12.6 Å². The summed E-state index contributed by atoms with van der Waals surface area (Å²) in [5.41, 5.74) is 13.5. The molecule has 1 aromatic carbocycles. The summed E-state index contributed by atoms with van der Waals surface area (Å²) in [5, 5.41) is 6.37. The average molecular weight is 300 g/mol. The molecule has 4 N–H and O–H groups in total. The maximum Gasteiger partial charge on any atom is 0.191 e. The van der Waals surface area contributed by atoms with E-state index in [-0.39, 0.29) is 0 Å². The first-order valence-electron chi connectivity index (χ1n) is 6.64. The van der Waals surface area contributed by atoms with E-state index in [0.717, 1.165) is 23.1 Å². The first-order chi connectivity index (χ1) is 10.2. The summed E-state index contributed by atoms with van der Waals surface area (Å²) >= 11 is 1.48. The van der Waals surface area contributed by atoms with Gasteiger partial charge >= 0.3 is 0 Å². The van der Waals surface area contributed by atoms with E-state index in [1.165, 1.54) is 11.8 Å². The van der Waals surface area contributed by atoms with Gasteiger partial charge in [-0.1, -0.05) is 30.0 Å². The van der Waals surface area contributed by atoms with Crippen molar-refractivity contribution in [1.82, 2.24) is 19.7 Å². The molecule has 0 unspecified atom stereocenters. The van der Waals surface area contributed by atoms with Crippen LogP contribution in [0.15, 0.2) is 35.5 Å². The normalized spacial score (nSPS) is 11.1. The molecule has 0 aliphatic carbocycles. The Morgan fingerprint density at radius 1 is 1.14 bits per heavy atom. The topological polar surface area (TPSA) is 95.6 Å². The molecule has 0 fully saturated rings. The Kier molecular flexibility index (Phi) is 3.66. The van der Waals surface area contributed by atoms with Gasteiger partial charge in [0.15, 0.2) is 5.16 Å². The van der Waals surface area contributed by atoms with Crippen LogP contribution in [0.3, 0.4) is 0 Å². The number of para-hydroxylation sites is 1. The summed E-state index contributed by atoms with van der Waals surface area (Å²) < 4.78 is 2.00. The number of nitrogens with two attached hydrogens (primary N) is 2. The van der Waals surface area contributed by atoms with Gasteiger partial charge in [-0.15, -0.1) is 0 Å². The standard InChI is InChI=1S/C14H16N6S/c1-2-20-11-6-4-3-5-9(11)10(19-20)8-21-14-17-12(15)7-13(16)18-14/h3-7H,2,8H2,1H3,(H4,15,16,17,18). The third-order valence-corrected chi connectivity index (χ3v) is 3.98. The molecule has 2 aromatic heterocycles. The number of benzene rings is 1. The highest BCUT2D eigenvalue weighted by Crippen LogP contribution is 2.26. The molecule has 21 heavy (non-hydrogen) atoms. The molecule has 0 amide bonds. The van der Waals surface area contributed by atoms with Crippen LogP contribution >= 0.6 is 11.8 Å². The Labute approximate surface area is 126 Å². The monoisotopic (exact) mass is 300 g/mol. The van der Waals surface area contributed by atoms with Crippen molar-refractivity contribution in [3.63, 3.8) is 0 Å². The molecular weight excluding hydrogens is 284 g/mol. The summed E-state index contributed by atoms with van der Waals surface area (Å²) in [4.78, 5) is 8.34. The molecule has 0 aliphatic heterocycles. The number of thioether (sulfide) groups is 1. The molecule has 7 heteroatoms. The highest BCUT2D eigenvalue weighted by Gasteiger charge is 2.10. The molecule has 2 heterocycles. The maximum atomic E-state index is 5.68. The zero-order valence-corrected chi connectivity index (χ0v) is 12.5. The number of hydrogen-bond acceptors (Lipinski definition) is 6. The summed E-state index contributed by atoms with van der Waals surface area (Å²) in [6.07, 6.45) is 0. The smallest absolute Gasteiger partial charge is 0.191 e. The highest BCUT2D eigenvalue weighted by molar-refractivity contribution is 7.98. The number of nitrogen functional groups attached to an aromatic ring is 2. The third kappa shape index (κ3) is 2.78. The Balaban J connectivity index is 1.88. The van der Waals surface area contributed by atoms with Crippen LogP contribution in [0.5, 0.6) is 0 Å². The van der Waals surface area contributed by atoms with Crippen molar-refractivity contribution in [2.24, 2.45) is 0 Å². The molecule has 6 nitrogen and oxygen atoms in total. The lowest BCUT2D eigenvalue weighted by molar-refractivity contribution is 0.675. The lowest BCUT2D eigenvalue weighted by atomic mass is 10.2. The van der Waals surface area contributed by atoms with Crippen LogP contribution in [0.25, 0.3) is 10.9 Å². The molecule has 108 valence electrons. The molecule has 0 aliphatic rings. The minimum Gasteiger partial charge on any atom is -0.383 e. The van der Waals surface area contributed by atoms with Crippen molar-refractivity contribution in [2.75, 3.05) is 11.5 Å². The van der Waals surface area contributed by atoms with Crippen molar-refractivity contribution >= 4 is 34.3 Å². The van der Waals surface area contributed by atoms with Gasteiger partial charge in [0.1, 0.15) is 11.6 Å². The van der Waals surface area contributed by atoms with Crippen molar-refractivity contribution in [3.8, 4) is 0 Å². The maximum absolute atomic E-state index is 5.68. The van der Waals surface area contributed by atoms with E-state index < -0.39 is 0 Å². The van der Waals surface area contributed by atoms with Gasteiger partial charge in [-0.2, -0.15) is 5.10 Å². The van der Waals surface area contributed by atoms with Gasteiger partial charge in [0.2, 0.25) is 0 Å². The molecule has 0 spiro atoms. The molecule has 3 aromatic rings. The first-order valence-corrected chi connectivity index (χ1v) is 7.63. The van der Waals surface area contributed by atoms with Crippen molar-refractivity contribution in [3.05, 3.63) is 36.0 Å². The second-order valence-corrected chi connectivity index (χ2v) is 5.51. The summed E-state index contributed by atoms with van der Waals surface area (Å²) in [6, 6.07) is 9.75. The summed E-state index contributed by atoms with van der Waals surface area (Å²) in [5.74, 6) is 1.44. The fourth-order valence-corrected chi connectivity index (χ4v) is 3.02. The van der Waals surface area contributed by atoms with Crippen LogP contribution in [0.2, 0.25) is 0 Å². The van der Waals surface area contributed by atoms with Crippen LogP contribution in [0.4, 0.5) is 11.6 Å². The lowest BCUT2D eigenvalue weighted by Gasteiger charge is -2.01. The largest absolute Gasteiger partial charge is 0.383 e. The Bertz CT molecular complexity index is 762. The van der Waals surface area contributed by atoms with E-state index in [9.17, 15) is 0 Å². The SMILES string of the molecule is CCn1nc(CSc2nc(N)cc(N)n2)c2ccccc21. The van der Waals surface area contributed by atoms with E-state index in [2.05, 4.69) is 34.1 Å². The number of fused-ring (bicyclic) bond motifs is 1. The number of aryl methyl sites for hydroxylation is 1. The van der Waals surface area contributed by atoms with E-state index in [0.29, 0.717) is 22.5 Å². The van der Waals surface area contributed by atoms with Gasteiger partial charge in [-0.25, -0.2) is 9.97 Å². The Morgan fingerprint density at radius 2 is 1.86 bits per heavy atom. The van der Waals surface area contributed by atoms with Crippen LogP contribution in [0, 0.1) is 0 Å². The van der Waals surface area contributed by atoms with Gasteiger partial charge in [0.25, 0.3) is 0 Å². The van der Waals surface area contributed by atoms with E-state index >= 15 is 0 Å².